The lowest BCUT2D eigenvalue weighted by atomic mass is 10.1. The zero-order valence-corrected chi connectivity index (χ0v) is 16.2. The Morgan fingerprint density at radius 3 is 2.56 bits per heavy atom. The quantitative estimate of drug-likeness (QED) is 0.534. The molecule has 1 aromatic carbocycles. The van der Waals surface area contributed by atoms with E-state index in [1.54, 1.807) is 5.38 Å². The van der Waals surface area contributed by atoms with E-state index in [0.29, 0.717) is 11.6 Å². The van der Waals surface area contributed by atoms with Crippen LogP contribution in [0.4, 0.5) is 4.79 Å². The Bertz CT molecular complexity index is 787. The molecule has 0 spiro atoms. The number of imide groups is 1. The summed E-state index contributed by atoms with van der Waals surface area (Å²) in [6, 6.07) is 7.35. The van der Waals surface area contributed by atoms with Crippen LogP contribution in [-0.4, -0.2) is 36.0 Å². The van der Waals surface area contributed by atoms with Gasteiger partial charge in [0.05, 0.1) is 0 Å². The number of nitrogens with one attached hydrogen (secondary N) is 2. The second-order valence-corrected chi connectivity index (χ2v) is 6.68. The van der Waals surface area contributed by atoms with Gasteiger partial charge in [-0.05, 0) is 18.4 Å². The van der Waals surface area contributed by atoms with Crippen LogP contribution >= 0.6 is 11.3 Å². The van der Waals surface area contributed by atoms with Crippen molar-refractivity contribution in [3.63, 3.8) is 0 Å². The topological polar surface area (TPSA) is 97.4 Å². The monoisotopic (exact) mass is 389 g/mol. The number of hydrogen-bond acceptors (Lipinski definition) is 6. The predicted molar refractivity (Wildman–Crippen MR) is 104 cm³/mol. The van der Waals surface area contributed by atoms with E-state index in [1.807, 2.05) is 31.2 Å². The normalized spacial score (nSPS) is 10.3. The molecule has 0 atom stereocenters. The first-order chi connectivity index (χ1) is 13.0. The molecule has 27 heavy (non-hydrogen) atoms. The SMILES string of the molecule is CCCCNC(=O)NC(=O)COC(=O)c1csc(-c2ccc(CC)cc2)n1. The minimum atomic E-state index is -0.704. The molecule has 0 radical (unpaired) electrons. The maximum atomic E-state index is 12.0. The van der Waals surface area contributed by atoms with Crippen molar-refractivity contribution in [1.29, 1.82) is 0 Å². The summed E-state index contributed by atoms with van der Waals surface area (Å²) in [6.07, 6.45) is 2.71. The van der Waals surface area contributed by atoms with Crippen molar-refractivity contribution in [3.8, 4) is 10.6 Å². The van der Waals surface area contributed by atoms with Crippen molar-refractivity contribution >= 4 is 29.2 Å². The highest BCUT2D eigenvalue weighted by atomic mass is 32.1. The van der Waals surface area contributed by atoms with E-state index in [2.05, 4.69) is 22.5 Å². The first-order valence-corrected chi connectivity index (χ1v) is 9.71. The molecule has 0 aliphatic heterocycles. The standard InChI is InChI=1S/C19H23N3O4S/c1-3-5-10-20-19(25)22-16(23)11-26-18(24)15-12-27-17(21-15)14-8-6-13(4-2)7-9-14/h6-9,12H,3-5,10-11H2,1-2H3,(H2,20,22,23,25). The number of rotatable bonds is 8. The number of aromatic nitrogens is 1. The molecule has 0 saturated carbocycles. The summed E-state index contributed by atoms with van der Waals surface area (Å²) in [5, 5.41) is 6.93. The maximum absolute atomic E-state index is 12.0. The highest BCUT2D eigenvalue weighted by molar-refractivity contribution is 7.13. The molecular formula is C19H23N3O4S. The highest BCUT2D eigenvalue weighted by Gasteiger charge is 2.16. The largest absolute Gasteiger partial charge is 0.451 e. The Morgan fingerprint density at radius 2 is 1.89 bits per heavy atom. The van der Waals surface area contributed by atoms with Gasteiger partial charge in [-0.2, -0.15) is 0 Å². The van der Waals surface area contributed by atoms with Gasteiger partial charge >= 0.3 is 12.0 Å². The number of unbranched alkanes of at least 4 members (excludes halogenated alkanes) is 1. The molecule has 144 valence electrons. The molecule has 0 aliphatic rings. The van der Waals surface area contributed by atoms with Crippen LogP contribution in [-0.2, 0) is 16.0 Å². The average molecular weight is 389 g/mol. The number of benzene rings is 1. The summed E-state index contributed by atoms with van der Waals surface area (Å²) in [6.45, 7) is 4.01. The number of ether oxygens (including phenoxy) is 1. The number of hydrogen-bond donors (Lipinski definition) is 2. The van der Waals surface area contributed by atoms with E-state index in [4.69, 9.17) is 4.74 Å². The third-order valence-electron chi connectivity index (χ3n) is 3.73. The van der Waals surface area contributed by atoms with Gasteiger partial charge in [-0.3, -0.25) is 10.1 Å². The molecule has 1 heterocycles. The number of esters is 1. The first kappa shape index (κ1) is 20.6. The molecule has 0 saturated heterocycles. The Labute approximate surface area is 162 Å². The van der Waals surface area contributed by atoms with Crippen molar-refractivity contribution in [2.24, 2.45) is 0 Å². The van der Waals surface area contributed by atoms with Gasteiger partial charge in [-0.1, -0.05) is 44.5 Å². The van der Waals surface area contributed by atoms with Gasteiger partial charge in [-0.25, -0.2) is 14.6 Å². The molecule has 2 aromatic rings. The maximum Gasteiger partial charge on any atom is 0.358 e. The number of urea groups is 1. The first-order valence-electron chi connectivity index (χ1n) is 8.83. The summed E-state index contributed by atoms with van der Waals surface area (Å²) in [4.78, 5) is 39.4. The van der Waals surface area contributed by atoms with Crippen molar-refractivity contribution in [1.82, 2.24) is 15.6 Å². The zero-order valence-electron chi connectivity index (χ0n) is 15.4. The van der Waals surface area contributed by atoms with Gasteiger partial charge in [0, 0.05) is 17.5 Å². The smallest absolute Gasteiger partial charge is 0.358 e. The minimum absolute atomic E-state index is 0.134. The fraction of sp³-hybridized carbons (Fsp3) is 0.368. The second kappa shape index (κ2) is 10.4. The lowest BCUT2D eigenvalue weighted by Gasteiger charge is -2.06. The lowest BCUT2D eigenvalue weighted by Crippen LogP contribution is -2.41. The van der Waals surface area contributed by atoms with Crippen LogP contribution in [0.3, 0.4) is 0 Å². The van der Waals surface area contributed by atoms with Crippen molar-refractivity contribution in [2.75, 3.05) is 13.2 Å². The summed E-state index contributed by atoms with van der Waals surface area (Å²) in [5.41, 5.74) is 2.27. The number of nitrogens with zero attached hydrogens (tertiary/aromatic N) is 1. The van der Waals surface area contributed by atoms with Crippen LogP contribution in [0.25, 0.3) is 10.6 Å². The van der Waals surface area contributed by atoms with Gasteiger partial charge in [0.15, 0.2) is 12.3 Å². The molecule has 2 N–H and O–H groups in total. The van der Waals surface area contributed by atoms with Gasteiger partial charge in [0.25, 0.3) is 5.91 Å². The third kappa shape index (κ3) is 6.49. The lowest BCUT2D eigenvalue weighted by molar-refractivity contribution is -0.123. The highest BCUT2D eigenvalue weighted by Crippen LogP contribution is 2.24. The summed E-state index contributed by atoms with van der Waals surface area (Å²) < 4.78 is 4.92. The summed E-state index contributed by atoms with van der Waals surface area (Å²) >= 11 is 1.32. The van der Waals surface area contributed by atoms with E-state index < -0.39 is 24.5 Å². The van der Waals surface area contributed by atoms with Crippen LogP contribution < -0.4 is 10.6 Å². The molecule has 0 unspecified atom stereocenters. The number of aryl methyl sites for hydroxylation is 1. The number of amides is 3. The molecule has 0 bridgehead atoms. The van der Waals surface area contributed by atoms with Crippen LogP contribution in [0, 0.1) is 0 Å². The number of thiazole rings is 1. The Morgan fingerprint density at radius 1 is 1.15 bits per heavy atom. The van der Waals surface area contributed by atoms with Gasteiger partial charge in [0.1, 0.15) is 5.01 Å². The molecule has 3 amide bonds. The molecule has 0 aliphatic carbocycles. The fourth-order valence-electron chi connectivity index (χ4n) is 2.17. The average Bonchev–Trinajstić information content (AvgIpc) is 3.16. The van der Waals surface area contributed by atoms with Gasteiger partial charge in [-0.15, -0.1) is 11.3 Å². The molecule has 1 aromatic heterocycles. The number of carbonyl (C=O) groups excluding carboxylic acids is 3. The van der Waals surface area contributed by atoms with E-state index in [-0.39, 0.29) is 5.69 Å². The Balaban J connectivity index is 1.83. The van der Waals surface area contributed by atoms with E-state index in [1.165, 1.54) is 16.9 Å². The van der Waals surface area contributed by atoms with E-state index in [0.717, 1.165) is 24.8 Å². The Kier molecular flexibility index (Phi) is 7.94. The number of carbonyl (C=O) groups is 3. The van der Waals surface area contributed by atoms with E-state index in [9.17, 15) is 14.4 Å². The summed E-state index contributed by atoms with van der Waals surface area (Å²) in [5.74, 6) is -1.40. The van der Waals surface area contributed by atoms with Crippen molar-refractivity contribution in [3.05, 3.63) is 40.9 Å². The molecule has 8 heteroatoms. The molecule has 7 nitrogen and oxygen atoms in total. The van der Waals surface area contributed by atoms with Gasteiger partial charge in [0.2, 0.25) is 0 Å². The van der Waals surface area contributed by atoms with Crippen LogP contribution in [0.2, 0.25) is 0 Å². The predicted octanol–water partition coefficient (Wildman–Crippen LogP) is 3.16. The van der Waals surface area contributed by atoms with Crippen molar-refractivity contribution in [2.45, 2.75) is 33.1 Å². The van der Waals surface area contributed by atoms with E-state index >= 15 is 0 Å². The Hall–Kier alpha value is -2.74. The fourth-order valence-corrected chi connectivity index (χ4v) is 2.97. The summed E-state index contributed by atoms with van der Waals surface area (Å²) in [7, 11) is 0. The zero-order chi connectivity index (χ0) is 19.6. The van der Waals surface area contributed by atoms with Crippen molar-refractivity contribution < 1.29 is 19.1 Å². The third-order valence-corrected chi connectivity index (χ3v) is 4.62. The minimum Gasteiger partial charge on any atom is -0.451 e. The van der Waals surface area contributed by atoms with Gasteiger partial charge < -0.3 is 10.1 Å². The van der Waals surface area contributed by atoms with Crippen LogP contribution in [0.15, 0.2) is 29.6 Å². The second-order valence-electron chi connectivity index (χ2n) is 5.82. The van der Waals surface area contributed by atoms with Crippen LogP contribution in [0.1, 0.15) is 42.7 Å². The van der Waals surface area contributed by atoms with Crippen LogP contribution in [0.5, 0.6) is 0 Å². The molecule has 0 fully saturated rings. The molecular weight excluding hydrogens is 366 g/mol. The molecule has 2 rings (SSSR count).